The van der Waals surface area contributed by atoms with Crippen LogP contribution in [0.15, 0.2) is 24.4 Å². The Bertz CT molecular complexity index is 503. The molecule has 2 N–H and O–H groups in total. The molecule has 0 aliphatic carbocycles. The van der Waals surface area contributed by atoms with Gasteiger partial charge in [0.25, 0.3) is 0 Å². The molecule has 0 amide bonds. The third-order valence-corrected chi connectivity index (χ3v) is 2.32. The largest absolute Gasteiger partial charge is 0.396 e. The number of benzene rings is 1. The van der Waals surface area contributed by atoms with Crippen molar-refractivity contribution in [1.82, 2.24) is 9.78 Å². The van der Waals surface area contributed by atoms with Crippen molar-refractivity contribution >= 4 is 5.69 Å². The Labute approximate surface area is 87.3 Å². The van der Waals surface area contributed by atoms with Gasteiger partial charge in [-0.15, -0.1) is 0 Å². The van der Waals surface area contributed by atoms with Crippen molar-refractivity contribution in [3.05, 3.63) is 35.9 Å². The van der Waals surface area contributed by atoms with Crippen molar-refractivity contribution in [3.63, 3.8) is 0 Å². The Kier molecular flexibility index (Phi) is 2.19. The Morgan fingerprint density at radius 3 is 2.67 bits per heavy atom. The number of hydrogen-bond donors (Lipinski definition) is 1. The van der Waals surface area contributed by atoms with E-state index in [1.54, 1.807) is 16.8 Å². The predicted molar refractivity (Wildman–Crippen MR) is 57.8 cm³/mol. The molecule has 0 bridgehead atoms. The zero-order valence-electron chi connectivity index (χ0n) is 8.66. The van der Waals surface area contributed by atoms with E-state index in [9.17, 15) is 4.39 Å². The van der Waals surface area contributed by atoms with E-state index in [0.717, 1.165) is 16.8 Å². The van der Waals surface area contributed by atoms with Crippen LogP contribution in [0.3, 0.4) is 0 Å². The van der Waals surface area contributed by atoms with Crippen LogP contribution in [-0.2, 0) is 7.05 Å². The van der Waals surface area contributed by atoms with Crippen LogP contribution in [0.5, 0.6) is 0 Å². The Morgan fingerprint density at radius 2 is 2.13 bits per heavy atom. The first-order chi connectivity index (χ1) is 7.08. The second-order valence-corrected chi connectivity index (χ2v) is 3.54. The topological polar surface area (TPSA) is 43.8 Å². The molecule has 0 aliphatic heterocycles. The van der Waals surface area contributed by atoms with Gasteiger partial charge in [-0.2, -0.15) is 5.10 Å². The summed E-state index contributed by atoms with van der Waals surface area (Å²) in [6.45, 7) is 1.89. The normalized spacial score (nSPS) is 10.6. The molecule has 0 atom stereocenters. The van der Waals surface area contributed by atoms with Gasteiger partial charge >= 0.3 is 0 Å². The first-order valence-corrected chi connectivity index (χ1v) is 4.63. The smallest absolute Gasteiger partial charge is 0.146 e. The third-order valence-electron chi connectivity index (χ3n) is 2.32. The second kappa shape index (κ2) is 3.38. The van der Waals surface area contributed by atoms with E-state index < -0.39 is 5.82 Å². The van der Waals surface area contributed by atoms with Gasteiger partial charge in [-0.05, 0) is 24.6 Å². The molecule has 0 aliphatic rings. The summed E-state index contributed by atoms with van der Waals surface area (Å²) in [5.74, 6) is -0.393. The number of anilines is 1. The first kappa shape index (κ1) is 9.71. The average Bonchev–Trinajstić information content (AvgIpc) is 2.50. The van der Waals surface area contributed by atoms with Crippen LogP contribution in [0.4, 0.5) is 10.1 Å². The molecule has 0 saturated carbocycles. The van der Waals surface area contributed by atoms with Crippen LogP contribution < -0.4 is 5.73 Å². The van der Waals surface area contributed by atoms with E-state index in [2.05, 4.69) is 5.10 Å². The molecule has 1 heterocycles. The highest BCUT2D eigenvalue weighted by molar-refractivity contribution is 5.67. The fourth-order valence-corrected chi connectivity index (χ4v) is 1.58. The molecule has 3 nitrogen and oxygen atoms in total. The van der Waals surface area contributed by atoms with Crippen molar-refractivity contribution in [2.24, 2.45) is 7.05 Å². The maximum Gasteiger partial charge on any atom is 0.146 e. The molecule has 0 spiro atoms. The molecular formula is C11H12FN3. The zero-order valence-corrected chi connectivity index (χ0v) is 8.66. The average molecular weight is 205 g/mol. The summed E-state index contributed by atoms with van der Waals surface area (Å²) in [6, 6.07) is 4.79. The molecule has 2 aromatic rings. The molecule has 1 aromatic carbocycles. The highest BCUT2D eigenvalue weighted by atomic mass is 19.1. The van der Waals surface area contributed by atoms with Gasteiger partial charge in [-0.25, -0.2) is 4.39 Å². The van der Waals surface area contributed by atoms with Gasteiger partial charge in [-0.3, -0.25) is 4.68 Å². The van der Waals surface area contributed by atoms with Crippen molar-refractivity contribution in [2.45, 2.75) is 6.92 Å². The maximum absolute atomic E-state index is 13.3. The zero-order chi connectivity index (χ0) is 11.0. The van der Waals surface area contributed by atoms with Crippen LogP contribution in [0, 0.1) is 12.7 Å². The highest BCUT2D eigenvalue weighted by Gasteiger charge is 2.07. The summed E-state index contributed by atoms with van der Waals surface area (Å²) in [5.41, 5.74) is 8.18. The van der Waals surface area contributed by atoms with Gasteiger partial charge < -0.3 is 5.73 Å². The standard InChI is InChI=1S/C11H12FN3/c1-7-9(6-15(2)14-7)8-3-4-11(13)10(12)5-8/h3-6H,13H2,1-2H3. The Balaban J connectivity index is 2.54. The van der Waals surface area contributed by atoms with E-state index in [4.69, 9.17) is 5.73 Å². The summed E-state index contributed by atoms with van der Waals surface area (Å²) >= 11 is 0. The van der Waals surface area contributed by atoms with Gasteiger partial charge in [0.05, 0.1) is 11.4 Å². The quantitative estimate of drug-likeness (QED) is 0.725. The van der Waals surface area contributed by atoms with Crippen molar-refractivity contribution < 1.29 is 4.39 Å². The highest BCUT2D eigenvalue weighted by Crippen LogP contribution is 2.24. The molecule has 1 aromatic heterocycles. The lowest BCUT2D eigenvalue weighted by Crippen LogP contribution is -1.90. The number of nitrogens with two attached hydrogens (primary N) is 1. The van der Waals surface area contributed by atoms with E-state index in [0.29, 0.717) is 0 Å². The lowest BCUT2D eigenvalue weighted by molar-refractivity contribution is 0.633. The minimum Gasteiger partial charge on any atom is -0.396 e. The first-order valence-electron chi connectivity index (χ1n) is 4.63. The van der Waals surface area contributed by atoms with Crippen LogP contribution in [0.25, 0.3) is 11.1 Å². The van der Waals surface area contributed by atoms with Gasteiger partial charge in [0.1, 0.15) is 5.82 Å². The number of nitrogen functional groups attached to an aromatic ring is 1. The molecule has 78 valence electrons. The number of nitrogens with zero attached hydrogens (tertiary/aromatic N) is 2. The number of halogens is 1. The van der Waals surface area contributed by atoms with E-state index in [1.165, 1.54) is 6.07 Å². The van der Waals surface area contributed by atoms with Gasteiger partial charge in [0, 0.05) is 18.8 Å². The maximum atomic E-state index is 13.3. The van der Waals surface area contributed by atoms with Crippen molar-refractivity contribution in [3.8, 4) is 11.1 Å². The molecule has 0 unspecified atom stereocenters. The predicted octanol–water partition coefficient (Wildman–Crippen LogP) is 2.12. The summed E-state index contributed by atoms with van der Waals surface area (Å²) in [6.07, 6.45) is 1.86. The van der Waals surface area contributed by atoms with Crippen molar-refractivity contribution in [1.29, 1.82) is 0 Å². The molecule has 0 saturated heterocycles. The number of aromatic nitrogens is 2. The monoisotopic (exact) mass is 205 g/mol. The Hall–Kier alpha value is -1.84. The fourth-order valence-electron chi connectivity index (χ4n) is 1.58. The lowest BCUT2D eigenvalue weighted by Gasteiger charge is -2.01. The van der Waals surface area contributed by atoms with Gasteiger partial charge in [0.15, 0.2) is 0 Å². The van der Waals surface area contributed by atoms with Crippen LogP contribution >= 0.6 is 0 Å². The van der Waals surface area contributed by atoms with E-state index >= 15 is 0 Å². The molecule has 0 radical (unpaired) electrons. The van der Waals surface area contributed by atoms with Gasteiger partial charge in [0.2, 0.25) is 0 Å². The van der Waals surface area contributed by atoms with Crippen LogP contribution in [-0.4, -0.2) is 9.78 Å². The molecule has 15 heavy (non-hydrogen) atoms. The summed E-state index contributed by atoms with van der Waals surface area (Å²) in [5, 5.41) is 4.20. The SMILES string of the molecule is Cc1nn(C)cc1-c1ccc(N)c(F)c1. The molecule has 2 rings (SSSR count). The van der Waals surface area contributed by atoms with E-state index in [-0.39, 0.29) is 5.69 Å². The molecule has 0 fully saturated rings. The number of aryl methyl sites for hydroxylation is 2. The second-order valence-electron chi connectivity index (χ2n) is 3.54. The minimum atomic E-state index is -0.393. The number of rotatable bonds is 1. The molecule has 4 heteroatoms. The third kappa shape index (κ3) is 1.70. The lowest BCUT2D eigenvalue weighted by atomic mass is 10.1. The Morgan fingerprint density at radius 1 is 1.40 bits per heavy atom. The van der Waals surface area contributed by atoms with Crippen LogP contribution in [0.1, 0.15) is 5.69 Å². The summed E-state index contributed by atoms with van der Waals surface area (Å²) in [4.78, 5) is 0. The summed E-state index contributed by atoms with van der Waals surface area (Å²) < 4.78 is 15.0. The fraction of sp³-hybridized carbons (Fsp3) is 0.182. The minimum absolute atomic E-state index is 0.167. The van der Waals surface area contributed by atoms with Crippen molar-refractivity contribution in [2.75, 3.05) is 5.73 Å². The molecular weight excluding hydrogens is 193 g/mol. The number of hydrogen-bond acceptors (Lipinski definition) is 2. The van der Waals surface area contributed by atoms with Gasteiger partial charge in [-0.1, -0.05) is 6.07 Å². The summed E-state index contributed by atoms with van der Waals surface area (Å²) in [7, 11) is 1.84. The van der Waals surface area contributed by atoms with E-state index in [1.807, 2.05) is 20.2 Å². The van der Waals surface area contributed by atoms with Crippen LogP contribution in [0.2, 0.25) is 0 Å².